The van der Waals surface area contributed by atoms with Crippen LogP contribution in [0.15, 0.2) is 47.4 Å². The lowest BCUT2D eigenvalue weighted by Gasteiger charge is -2.21. The van der Waals surface area contributed by atoms with Crippen molar-refractivity contribution in [2.75, 3.05) is 5.32 Å². The van der Waals surface area contributed by atoms with E-state index in [2.05, 4.69) is 10.6 Å². The van der Waals surface area contributed by atoms with E-state index in [0.717, 1.165) is 17.0 Å². The van der Waals surface area contributed by atoms with Crippen molar-refractivity contribution in [2.24, 2.45) is 0 Å². The first kappa shape index (κ1) is 18.3. The molecule has 1 heterocycles. The van der Waals surface area contributed by atoms with E-state index < -0.39 is 17.6 Å². The molecule has 2 aromatic rings. The molecule has 0 unspecified atom stereocenters. The zero-order valence-corrected chi connectivity index (χ0v) is 14.5. The van der Waals surface area contributed by atoms with Crippen LogP contribution < -0.4 is 10.6 Å². The summed E-state index contributed by atoms with van der Waals surface area (Å²) in [5.74, 6) is -0.563. The Bertz CT molecular complexity index is 868. The van der Waals surface area contributed by atoms with Gasteiger partial charge in [-0.05, 0) is 42.8 Å². The lowest BCUT2D eigenvalue weighted by molar-refractivity contribution is -0.137. The second-order valence-corrected chi connectivity index (χ2v) is 7.22. The Kier molecular flexibility index (Phi) is 4.95. The molecule has 0 spiro atoms. The molecule has 0 radical (unpaired) electrons. The number of hydrogen-bond acceptors (Lipinski definition) is 3. The summed E-state index contributed by atoms with van der Waals surface area (Å²) in [6.07, 6.45) is -4.43. The number of anilines is 1. The van der Waals surface area contributed by atoms with Gasteiger partial charge in [-0.1, -0.05) is 12.1 Å². The second kappa shape index (κ2) is 7.03. The lowest BCUT2D eigenvalue weighted by atomic mass is 10.1. The fourth-order valence-corrected chi connectivity index (χ4v) is 3.42. The lowest BCUT2D eigenvalue weighted by Crippen LogP contribution is -2.27. The average molecular weight is 380 g/mol. The molecule has 2 aromatic carbocycles. The highest BCUT2D eigenvalue weighted by Crippen LogP contribution is 2.36. The second-order valence-electron chi connectivity index (χ2n) is 5.84. The van der Waals surface area contributed by atoms with Gasteiger partial charge in [0.05, 0.1) is 16.5 Å². The van der Waals surface area contributed by atoms with E-state index >= 15 is 0 Å². The van der Waals surface area contributed by atoms with Gasteiger partial charge in [-0.25, -0.2) is 0 Å². The van der Waals surface area contributed by atoms with Gasteiger partial charge in [-0.3, -0.25) is 9.59 Å². The van der Waals surface area contributed by atoms with E-state index in [0.29, 0.717) is 16.8 Å². The first-order valence-electron chi connectivity index (χ1n) is 7.80. The molecule has 2 amide bonds. The van der Waals surface area contributed by atoms with Crippen molar-refractivity contribution in [3.63, 3.8) is 0 Å². The number of fused-ring (bicyclic) bond motifs is 1. The fourth-order valence-electron chi connectivity index (χ4n) is 2.49. The third-order valence-electron chi connectivity index (χ3n) is 3.88. The van der Waals surface area contributed by atoms with Gasteiger partial charge >= 0.3 is 6.18 Å². The molecular weight excluding hydrogens is 365 g/mol. The molecule has 0 aliphatic carbocycles. The van der Waals surface area contributed by atoms with Crippen LogP contribution in [0.5, 0.6) is 0 Å². The van der Waals surface area contributed by atoms with Gasteiger partial charge in [0.1, 0.15) is 0 Å². The maximum absolute atomic E-state index is 12.7. The molecule has 0 saturated heterocycles. The van der Waals surface area contributed by atoms with Crippen molar-refractivity contribution in [3.8, 4) is 0 Å². The normalized spacial score (nSPS) is 16.6. The van der Waals surface area contributed by atoms with Crippen molar-refractivity contribution in [1.82, 2.24) is 5.32 Å². The molecule has 1 aliphatic heterocycles. The van der Waals surface area contributed by atoms with Crippen molar-refractivity contribution in [2.45, 2.75) is 29.8 Å². The number of rotatable bonds is 3. The Labute approximate surface area is 152 Å². The Morgan fingerprint density at radius 3 is 2.73 bits per heavy atom. The summed E-state index contributed by atoms with van der Waals surface area (Å²) in [7, 11) is 0. The Balaban J connectivity index is 1.70. The zero-order valence-electron chi connectivity index (χ0n) is 13.7. The van der Waals surface area contributed by atoms with E-state index in [1.165, 1.54) is 23.9 Å². The molecular formula is C18H15F3N2O2S. The minimum absolute atomic E-state index is 0.0298. The number of amides is 2. The molecule has 26 heavy (non-hydrogen) atoms. The summed E-state index contributed by atoms with van der Waals surface area (Å²) in [5.41, 5.74) is 0.478. The number of carbonyl (C=O) groups is 2. The van der Waals surface area contributed by atoms with Crippen LogP contribution in [0.25, 0.3) is 0 Å². The number of nitrogens with one attached hydrogen (secondary N) is 2. The molecule has 0 aromatic heterocycles. The number of alkyl halides is 3. The largest absolute Gasteiger partial charge is 0.416 e. The predicted molar refractivity (Wildman–Crippen MR) is 93.0 cm³/mol. The van der Waals surface area contributed by atoms with E-state index in [1.54, 1.807) is 25.1 Å². The third-order valence-corrected chi connectivity index (χ3v) is 5.06. The van der Waals surface area contributed by atoms with Crippen LogP contribution in [0, 0.1) is 0 Å². The highest BCUT2D eigenvalue weighted by Gasteiger charge is 2.30. The van der Waals surface area contributed by atoms with Gasteiger partial charge in [0.15, 0.2) is 0 Å². The predicted octanol–water partition coefficient (Wildman–Crippen LogP) is 4.07. The van der Waals surface area contributed by atoms with E-state index in [1.807, 2.05) is 0 Å². The van der Waals surface area contributed by atoms with Gasteiger partial charge < -0.3 is 10.6 Å². The molecule has 8 heteroatoms. The van der Waals surface area contributed by atoms with Crippen LogP contribution in [0.1, 0.15) is 28.4 Å². The molecule has 4 nitrogen and oxygen atoms in total. The van der Waals surface area contributed by atoms with Gasteiger partial charge in [-0.15, -0.1) is 11.8 Å². The van der Waals surface area contributed by atoms with Gasteiger partial charge in [-0.2, -0.15) is 13.2 Å². The number of carbonyl (C=O) groups excluding carboxylic acids is 2. The first-order valence-corrected chi connectivity index (χ1v) is 8.68. The highest BCUT2D eigenvalue weighted by atomic mass is 32.2. The van der Waals surface area contributed by atoms with Crippen LogP contribution in [0.4, 0.5) is 18.9 Å². The quantitative estimate of drug-likeness (QED) is 0.844. The minimum atomic E-state index is -4.43. The third kappa shape index (κ3) is 4.01. The van der Waals surface area contributed by atoms with Crippen LogP contribution in [0.3, 0.4) is 0 Å². The highest BCUT2D eigenvalue weighted by molar-refractivity contribution is 8.00. The van der Waals surface area contributed by atoms with Crippen LogP contribution in [-0.4, -0.2) is 17.1 Å². The smallest absolute Gasteiger partial charge is 0.348 e. The standard InChI is InChI=1S/C18H15F3N2O2S/c1-10-16(24)23-14-8-12(5-6-15(14)26-10)17(25)22-9-11-3-2-4-13(7-11)18(19,20)21/h2-8,10H,9H2,1H3,(H,22,25)(H,23,24)/t10-/m1/s1. The van der Waals surface area contributed by atoms with Crippen molar-refractivity contribution >= 4 is 29.3 Å². The van der Waals surface area contributed by atoms with Crippen molar-refractivity contribution in [1.29, 1.82) is 0 Å². The summed E-state index contributed by atoms with van der Waals surface area (Å²) in [5, 5.41) is 5.13. The summed E-state index contributed by atoms with van der Waals surface area (Å²) in [4.78, 5) is 24.9. The summed E-state index contributed by atoms with van der Waals surface area (Å²) < 4.78 is 38.2. The first-order chi connectivity index (χ1) is 12.2. The Hall–Kier alpha value is -2.48. The summed E-state index contributed by atoms with van der Waals surface area (Å²) in [6, 6.07) is 9.74. The van der Waals surface area contributed by atoms with Gasteiger partial charge in [0.2, 0.25) is 5.91 Å². The molecule has 3 rings (SSSR count). The molecule has 0 bridgehead atoms. The van der Waals surface area contributed by atoms with Crippen LogP contribution in [0.2, 0.25) is 0 Å². The SMILES string of the molecule is C[C@H]1Sc2ccc(C(=O)NCc3cccc(C(F)(F)F)c3)cc2NC1=O. The summed E-state index contributed by atoms with van der Waals surface area (Å²) in [6.45, 7) is 1.76. The number of hydrogen-bond donors (Lipinski definition) is 2. The van der Waals surface area contributed by atoms with E-state index in [4.69, 9.17) is 0 Å². The maximum atomic E-state index is 12.7. The van der Waals surface area contributed by atoms with Crippen LogP contribution in [-0.2, 0) is 17.5 Å². The number of halogens is 3. The summed E-state index contributed by atoms with van der Waals surface area (Å²) >= 11 is 1.40. The van der Waals surface area contributed by atoms with E-state index in [9.17, 15) is 22.8 Å². The number of benzene rings is 2. The van der Waals surface area contributed by atoms with E-state index in [-0.39, 0.29) is 17.7 Å². The van der Waals surface area contributed by atoms with Gasteiger partial charge in [0.25, 0.3) is 5.91 Å². The molecule has 0 fully saturated rings. The number of thioether (sulfide) groups is 1. The minimum Gasteiger partial charge on any atom is -0.348 e. The molecule has 2 N–H and O–H groups in total. The Morgan fingerprint density at radius 2 is 2.00 bits per heavy atom. The van der Waals surface area contributed by atoms with Crippen molar-refractivity contribution < 1.29 is 22.8 Å². The van der Waals surface area contributed by atoms with Crippen LogP contribution >= 0.6 is 11.8 Å². The van der Waals surface area contributed by atoms with Crippen molar-refractivity contribution in [3.05, 3.63) is 59.2 Å². The zero-order chi connectivity index (χ0) is 18.9. The molecule has 1 atom stereocenters. The maximum Gasteiger partial charge on any atom is 0.416 e. The van der Waals surface area contributed by atoms with Gasteiger partial charge in [0, 0.05) is 17.0 Å². The molecule has 0 saturated carbocycles. The molecule has 136 valence electrons. The topological polar surface area (TPSA) is 58.2 Å². The fraction of sp³-hybridized carbons (Fsp3) is 0.222. The monoisotopic (exact) mass is 380 g/mol. The average Bonchev–Trinajstić information content (AvgIpc) is 2.60. The molecule has 1 aliphatic rings. The Morgan fingerprint density at radius 1 is 1.23 bits per heavy atom.